The number of hydrogen-bond acceptors (Lipinski definition) is 1. The maximum Gasteiger partial charge on any atom is 0.303 e. The Labute approximate surface area is 169 Å². The Kier molecular flexibility index (Phi) is 6.68. The molecule has 3 heteroatoms. The standard InChI is InChI=1S/C24H33ClO2/c1-24(2)14-13-21(18-5-3-4-6-18)20(16-24)10-8-17-7-9-19(22(25)15-17)11-12-23(26)27/h7,9,15,18H,3-6,8,10-14,16H2,1-2H3,(H,26,27). The van der Waals surface area contributed by atoms with Crippen LogP contribution in [0.3, 0.4) is 0 Å². The zero-order valence-electron chi connectivity index (χ0n) is 16.8. The molecule has 0 unspecified atom stereocenters. The number of halogens is 1. The molecule has 2 aliphatic carbocycles. The molecule has 1 fully saturated rings. The van der Waals surface area contributed by atoms with Crippen molar-refractivity contribution in [3.63, 3.8) is 0 Å². The highest BCUT2D eigenvalue weighted by Gasteiger charge is 2.31. The van der Waals surface area contributed by atoms with E-state index in [1.54, 1.807) is 11.1 Å². The van der Waals surface area contributed by atoms with E-state index in [9.17, 15) is 4.79 Å². The van der Waals surface area contributed by atoms with Crippen molar-refractivity contribution in [1.82, 2.24) is 0 Å². The fraction of sp³-hybridized carbons (Fsp3) is 0.625. The van der Waals surface area contributed by atoms with Crippen molar-refractivity contribution < 1.29 is 9.90 Å². The third-order valence-electron chi connectivity index (χ3n) is 6.51. The van der Waals surface area contributed by atoms with Crippen LogP contribution in [0.4, 0.5) is 0 Å². The Morgan fingerprint density at radius 3 is 2.59 bits per heavy atom. The molecule has 0 bridgehead atoms. The van der Waals surface area contributed by atoms with Gasteiger partial charge in [-0.05, 0) is 79.9 Å². The molecule has 0 aromatic heterocycles. The summed E-state index contributed by atoms with van der Waals surface area (Å²) in [7, 11) is 0. The summed E-state index contributed by atoms with van der Waals surface area (Å²) in [6, 6.07) is 6.19. The molecule has 148 valence electrons. The van der Waals surface area contributed by atoms with Gasteiger partial charge in [-0.25, -0.2) is 0 Å². The van der Waals surface area contributed by atoms with E-state index in [1.165, 1.54) is 50.5 Å². The molecule has 1 saturated carbocycles. The number of benzene rings is 1. The average molecular weight is 389 g/mol. The van der Waals surface area contributed by atoms with Crippen LogP contribution in [-0.2, 0) is 17.6 Å². The minimum atomic E-state index is -0.776. The molecule has 0 heterocycles. The van der Waals surface area contributed by atoms with Crippen LogP contribution < -0.4 is 0 Å². The molecule has 1 N–H and O–H groups in total. The zero-order valence-corrected chi connectivity index (χ0v) is 17.6. The predicted molar refractivity (Wildman–Crippen MR) is 112 cm³/mol. The van der Waals surface area contributed by atoms with Gasteiger partial charge in [0.05, 0.1) is 0 Å². The van der Waals surface area contributed by atoms with Crippen LogP contribution in [0.2, 0.25) is 5.02 Å². The van der Waals surface area contributed by atoms with Crippen molar-refractivity contribution in [3.8, 4) is 0 Å². The molecular weight excluding hydrogens is 356 g/mol. The number of aliphatic carboxylic acids is 1. The highest BCUT2D eigenvalue weighted by atomic mass is 35.5. The van der Waals surface area contributed by atoms with Crippen LogP contribution in [0, 0.1) is 11.3 Å². The van der Waals surface area contributed by atoms with Crippen LogP contribution in [0.1, 0.15) is 82.8 Å². The van der Waals surface area contributed by atoms with Gasteiger partial charge in [0.2, 0.25) is 0 Å². The molecule has 0 aliphatic heterocycles. The topological polar surface area (TPSA) is 37.3 Å². The summed E-state index contributed by atoms with van der Waals surface area (Å²) < 4.78 is 0. The molecule has 0 spiro atoms. The maximum atomic E-state index is 10.8. The molecule has 2 aliphatic rings. The van der Waals surface area contributed by atoms with Gasteiger partial charge >= 0.3 is 5.97 Å². The van der Waals surface area contributed by atoms with Crippen molar-refractivity contribution in [2.75, 3.05) is 0 Å². The summed E-state index contributed by atoms with van der Waals surface area (Å²) in [5.74, 6) is 0.0690. The van der Waals surface area contributed by atoms with Crippen molar-refractivity contribution >= 4 is 17.6 Å². The van der Waals surface area contributed by atoms with E-state index in [2.05, 4.69) is 19.9 Å². The zero-order chi connectivity index (χ0) is 19.4. The van der Waals surface area contributed by atoms with Gasteiger partial charge in [0.1, 0.15) is 0 Å². The van der Waals surface area contributed by atoms with Crippen LogP contribution >= 0.6 is 11.6 Å². The fourth-order valence-corrected chi connectivity index (χ4v) is 5.23. The van der Waals surface area contributed by atoms with Gasteiger partial charge < -0.3 is 5.11 Å². The number of carboxylic acids is 1. The lowest BCUT2D eigenvalue weighted by Crippen LogP contribution is -2.21. The van der Waals surface area contributed by atoms with E-state index in [0.29, 0.717) is 16.9 Å². The molecular formula is C24H33ClO2. The first-order valence-corrected chi connectivity index (χ1v) is 10.9. The van der Waals surface area contributed by atoms with E-state index in [4.69, 9.17) is 16.7 Å². The summed E-state index contributed by atoms with van der Waals surface area (Å²) in [5, 5.41) is 9.57. The second kappa shape index (κ2) is 8.82. The summed E-state index contributed by atoms with van der Waals surface area (Å²) in [6.07, 6.45) is 12.2. The maximum absolute atomic E-state index is 10.8. The molecule has 3 rings (SSSR count). The molecule has 1 aromatic carbocycles. The normalized spacial score (nSPS) is 20.3. The average Bonchev–Trinajstić information content (AvgIpc) is 3.12. The van der Waals surface area contributed by atoms with E-state index in [0.717, 1.165) is 24.3 Å². The Balaban J connectivity index is 1.69. The van der Waals surface area contributed by atoms with E-state index < -0.39 is 5.97 Å². The lowest BCUT2D eigenvalue weighted by molar-refractivity contribution is -0.136. The fourth-order valence-electron chi connectivity index (χ4n) is 4.93. The first kappa shape index (κ1) is 20.5. The molecule has 0 amide bonds. The van der Waals surface area contributed by atoms with Crippen molar-refractivity contribution in [2.45, 2.75) is 84.5 Å². The SMILES string of the molecule is CC1(C)CCC(C2CCCC2)=C(CCc2ccc(CCC(=O)O)c(Cl)c2)C1. The van der Waals surface area contributed by atoms with Crippen molar-refractivity contribution in [1.29, 1.82) is 0 Å². The quantitative estimate of drug-likeness (QED) is 0.511. The third-order valence-corrected chi connectivity index (χ3v) is 6.86. The number of rotatable bonds is 7. The third kappa shape index (κ3) is 5.60. The minimum Gasteiger partial charge on any atom is -0.481 e. The highest BCUT2D eigenvalue weighted by Crippen LogP contribution is 2.46. The van der Waals surface area contributed by atoms with Gasteiger partial charge in [-0.3, -0.25) is 4.79 Å². The lowest BCUT2D eigenvalue weighted by Gasteiger charge is -2.35. The number of carbonyl (C=O) groups is 1. The Morgan fingerprint density at radius 2 is 1.93 bits per heavy atom. The Morgan fingerprint density at radius 1 is 1.19 bits per heavy atom. The molecule has 0 radical (unpaired) electrons. The van der Waals surface area contributed by atoms with E-state index in [1.807, 2.05) is 12.1 Å². The van der Waals surface area contributed by atoms with E-state index >= 15 is 0 Å². The van der Waals surface area contributed by atoms with Crippen LogP contribution in [-0.4, -0.2) is 11.1 Å². The second-order valence-corrected chi connectivity index (χ2v) is 9.68. The van der Waals surface area contributed by atoms with Gasteiger partial charge in [0, 0.05) is 11.4 Å². The molecule has 0 saturated heterocycles. The van der Waals surface area contributed by atoms with Crippen LogP contribution in [0.15, 0.2) is 29.3 Å². The lowest BCUT2D eigenvalue weighted by atomic mass is 9.70. The smallest absolute Gasteiger partial charge is 0.303 e. The minimum absolute atomic E-state index is 0.131. The molecule has 1 aromatic rings. The van der Waals surface area contributed by atoms with Gasteiger partial charge in [-0.1, -0.05) is 61.6 Å². The van der Waals surface area contributed by atoms with Gasteiger partial charge in [0.15, 0.2) is 0 Å². The van der Waals surface area contributed by atoms with Gasteiger partial charge in [-0.2, -0.15) is 0 Å². The molecule has 0 atom stereocenters. The highest BCUT2D eigenvalue weighted by molar-refractivity contribution is 6.31. The molecule has 27 heavy (non-hydrogen) atoms. The summed E-state index contributed by atoms with van der Waals surface area (Å²) in [6.45, 7) is 4.82. The Bertz CT molecular complexity index is 711. The number of allylic oxidation sites excluding steroid dienone is 2. The van der Waals surface area contributed by atoms with Crippen molar-refractivity contribution in [3.05, 3.63) is 45.5 Å². The largest absolute Gasteiger partial charge is 0.481 e. The second-order valence-electron chi connectivity index (χ2n) is 9.27. The number of carboxylic acid groups (broad SMARTS) is 1. The first-order chi connectivity index (χ1) is 12.8. The number of hydrogen-bond donors (Lipinski definition) is 1. The van der Waals surface area contributed by atoms with Crippen molar-refractivity contribution in [2.24, 2.45) is 11.3 Å². The van der Waals surface area contributed by atoms with E-state index in [-0.39, 0.29) is 6.42 Å². The van der Waals surface area contributed by atoms with Gasteiger partial charge in [0.25, 0.3) is 0 Å². The van der Waals surface area contributed by atoms with Crippen LogP contribution in [0.25, 0.3) is 0 Å². The summed E-state index contributed by atoms with van der Waals surface area (Å²) in [4.78, 5) is 10.8. The Hall–Kier alpha value is -1.28. The predicted octanol–water partition coefficient (Wildman–Crippen LogP) is 6.99. The van der Waals surface area contributed by atoms with Gasteiger partial charge in [-0.15, -0.1) is 0 Å². The van der Waals surface area contributed by atoms with Crippen LogP contribution in [0.5, 0.6) is 0 Å². The molecule has 2 nitrogen and oxygen atoms in total. The summed E-state index contributed by atoms with van der Waals surface area (Å²) >= 11 is 6.41. The number of aryl methyl sites for hydroxylation is 2. The summed E-state index contributed by atoms with van der Waals surface area (Å²) in [5.41, 5.74) is 6.13. The monoisotopic (exact) mass is 388 g/mol. The first-order valence-electron chi connectivity index (χ1n) is 10.5.